The molecule has 3 atom stereocenters. The summed E-state index contributed by atoms with van der Waals surface area (Å²) in [6, 6.07) is 17.2. The number of thioether (sulfide) groups is 1. The minimum absolute atomic E-state index is 0.00965. The number of alkyl halides is 1. The summed E-state index contributed by atoms with van der Waals surface area (Å²) in [4.78, 5) is 21.8. The molecule has 1 unspecified atom stereocenters. The molecule has 0 bridgehead atoms. The summed E-state index contributed by atoms with van der Waals surface area (Å²) in [6.07, 6.45) is -0.297. The molecule has 4 nitrogen and oxygen atoms in total. The summed E-state index contributed by atoms with van der Waals surface area (Å²) in [5.74, 6) is -1.21. The lowest BCUT2D eigenvalue weighted by molar-refractivity contribution is 0.0500. The lowest BCUT2D eigenvalue weighted by atomic mass is 10.2. The molecule has 1 saturated heterocycles. The third-order valence-electron chi connectivity index (χ3n) is 3.84. The van der Waals surface area contributed by atoms with E-state index in [4.69, 9.17) is 9.84 Å². The SMILES string of the molecule is CC1S[C@@H](COC(=O)c2ccccc2)C[C@@H]1F.O=C(O)c1ccccc1. The number of hydrogen-bond acceptors (Lipinski definition) is 4. The first-order valence-corrected chi connectivity index (χ1v) is 9.21. The van der Waals surface area contributed by atoms with Crippen LogP contribution in [0.25, 0.3) is 0 Å². The molecule has 1 aliphatic rings. The number of rotatable bonds is 4. The van der Waals surface area contributed by atoms with Gasteiger partial charge in [0.15, 0.2) is 0 Å². The lowest BCUT2D eigenvalue weighted by Gasteiger charge is -2.09. The molecular formula is C20H21FO4S. The topological polar surface area (TPSA) is 63.6 Å². The highest BCUT2D eigenvalue weighted by atomic mass is 32.2. The van der Waals surface area contributed by atoms with Gasteiger partial charge in [0.25, 0.3) is 0 Å². The Morgan fingerprint density at radius 1 is 1.08 bits per heavy atom. The first-order chi connectivity index (χ1) is 12.5. The van der Waals surface area contributed by atoms with Crippen molar-refractivity contribution in [3.63, 3.8) is 0 Å². The van der Waals surface area contributed by atoms with Crippen molar-refractivity contribution in [1.82, 2.24) is 0 Å². The molecule has 0 spiro atoms. The van der Waals surface area contributed by atoms with E-state index < -0.39 is 12.1 Å². The van der Waals surface area contributed by atoms with Gasteiger partial charge < -0.3 is 9.84 Å². The number of carbonyl (C=O) groups excluding carboxylic acids is 1. The van der Waals surface area contributed by atoms with Crippen LogP contribution in [-0.2, 0) is 4.74 Å². The van der Waals surface area contributed by atoms with Gasteiger partial charge in [0.05, 0.1) is 11.1 Å². The third kappa shape index (κ3) is 6.19. The van der Waals surface area contributed by atoms with Gasteiger partial charge in [-0.15, -0.1) is 11.8 Å². The van der Waals surface area contributed by atoms with Gasteiger partial charge >= 0.3 is 11.9 Å². The summed E-state index contributed by atoms with van der Waals surface area (Å²) in [5, 5.41) is 8.48. The number of esters is 1. The average Bonchev–Trinajstić information content (AvgIpc) is 2.99. The Labute approximate surface area is 156 Å². The number of carboxylic acids is 1. The van der Waals surface area contributed by atoms with Crippen molar-refractivity contribution in [3.8, 4) is 0 Å². The van der Waals surface area contributed by atoms with Crippen LogP contribution in [0.5, 0.6) is 0 Å². The molecule has 0 amide bonds. The molecule has 1 N–H and O–H groups in total. The fourth-order valence-electron chi connectivity index (χ4n) is 2.40. The van der Waals surface area contributed by atoms with Gasteiger partial charge in [-0.1, -0.05) is 43.3 Å². The molecule has 1 fully saturated rings. The molecule has 0 radical (unpaired) electrons. The highest BCUT2D eigenvalue weighted by Gasteiger charge is 2.32. The predicted molar refractivity (Wildman–Crippen MR) is 100 cm³/mol. The van der Waals surface area contributed by atoms with Gasteiger partial charge in [-0.25, -0.2) is 14.0 Å². The van der Waals surface area contributed by atoms with Crippen LogP contribution in [0.2, 0.25) is 0 Å². The predicted octanol–water partition coefficient (Wildman–Crippen LogP) is 4.46. The maximum atomic E-state index is 13.3. The molecule has 1 heterocycles. The van der Waals surface area contributed by atoms with E-state index in [1.807, 2.05) is 13.0 Å². The van der Waals surface area contributed by atoms with Gasteiger partial charge in [-0.2, -0.15) is 0 Å². The van der Waals surface area contributed by atoms with Gasteiger partial charge in [0.1, 0.15) is 12.8 Å². The number of halogens is 1. The van der Waals surface area contributed by atoms with E-state index >= 15 is 0 Å². The molecule has 1 aliphatic heterocycles. The van der Waals surface area contributed by atoms with Crippen LogP contribution in [0.1, 0.15) is 34.1 Å². The smallest absolute Gasteiger partial charge is 0.338 e. The second kappa shape index (κ2) is 9.97. The standard InChI is InChI=1S/C13H15FO2S.C7H6O2/c1-9-12(14)7-11(17-9)8-16-13(15)10-5-3-2-4-6-10;8-7(9)6-4-2-1-3-5-6/h2-6,9,11-12H,7-8H2,1H3;1-5H,(H,8,9)/t9?,11-,12+;/m1./s1. The second-order valence-corrected chi connectivity index (χ2v) is 7.53. The lowest BCUT2D eigenvalue weighted by Crippen LogP contribution is -2.15. The first kappa shape index (κ1) is 20.0. The normalized spacial score (nSPS) is 21.4. The Bertz CT molecular complexity index is 698. The monoisotopic (exact) mass is 376 g/mol. The minimum atomic E-state index is -0.879. The van der Waals surface area contributed by atoms with Gasteiger partial charge in [0, 0.05) is 10.5 Å². The van der Waals surface area contributed by atoms with Gasteiger partial charge in [0.2, 0.25) is 0 Å². The van der Waals surface area contributed by atoms with Crippen LogP contribution in [0.3, 0.4) is 0 Å². The van der Waals surface area contributed by atoms with E-state index in [9.17, 15) is 14.0 Å². The number of carbonyl (C=O) groups is 2. The highest BCUT2D eigenvalue weighted by molar-refractivity contribution is 8.00. The molecule has 6 heteroatoms. The van der Waals surface area contributed by atoms with Crippen molar-refractivity contribution >= 4 is 23.7 Å². The van der Waals surface area contributed by atoms with Crippen molar-refractivity contribution in [2.45, 2.75) is 30.0 Å². The van der Waals surface area contributed by atoms with E-state index in [0.29, 0.717) is 24.2 Å². The number of carboxylic acid groups (broad SMARTS) is 1. The average molecular weight is 376 g/mol. The molecule has 26 heavy (non-hydrogen) atoms. The maximum absolute atomic E-state index is 13.3. The zero-order valence-corrected chi connectivity index (χ0v) is 15.2. The summed E-state index contributed by atoms with van der Waals surface area (Å²) in [5.41, 5.74) is 0.873. The summed E-state index contributed by atoms with van der Waals surface area (Å²) >= 11 is 1.56. The summed E-state index contributed by atoms with van der Waals surface area (Å²) < 4.78 is 18.4. The second-order valence-electron chi connectivity index (χ2n) is 5.85. The Morgan fingerprint density at radius 3 is 2.04 bits per heavy atom. The van der Waals surface area contributed by atoms with Crippen molar-refractivity contribution in [2.24, 2.45) is 0 Å². The first-order valence-electron chi connectivity index (χ1n) is 8.27. The molecule has 0 saturated carbocycles. The van der Waals surface area contributed by atoms with E-state index in [1.165, 1.54) is 0 Å². The molecule has 3 rings (SSSR count). The number of hydrogen-bond donors (Lipinski definition) is 1. The third-order valence-corrected chi connectivity index (χ3v) is 5.27. The van der Waals surface area contributed by atoms with E-state index in [0.717, 1.165) is 0 Å². The van der Waals surface area contributed by atoms with Crippen molar-refractivity contribution in [1.29, 1.82) is 0 Å². The zero-order chi connectivity index (χ0) is 18.9. The number of aromatic carboxylic acids is 1. The summed E-state index contributed by atoms with van der Waals surface area (Å²) in [6.45, 7) is 2.16. The van der Waals surface area contributed by atoms with E-state index in [-0.39, 0.29) is 16.5 Å². The number of ether oxygens (including phenoxy) is 1. The van der Waals surface area contributed by atoms with Crippen LogP contribution in [-0.4, -0.2) is 40.3 Å². The molecular weight excluding hydrogens is 355 g/mol. The van der Waals surface area contributed by atoms with E-state index in [1.54, 1.807) is 66.4 Å². The maximum Gasteiger partial charge on any atom is 0.338 e. The largest absolute Gasteiger partial charge is 0.478 e. The molecule has 2 aromatic carbocycles. The van der Waals surface area contributed by atoms with E-state index in [2.05, 4.69) is 0 Å². The highest BCUT2D eigenvalue weighted by Crippen LogP contribution is 2.35. The van der Waals surface area contributed by atoms with Crippen molar-refractivity contribution in [3.05, 3.63) is 71.8 Å². The van der Waals surface area contributed by atoms with Crippen LogP contribution < -0.4 is 0 Å². The Hall–Kier alpha value is -2.34. The molecule has 0 aliphatic carbocycles. The van der Waals surface area contributed by atoms with Gasteiger partial charge in [-0.3, -0.25) is 0 Å². The Morgan fingerprint density at radius 2 is 1.62 bits per heavy atom. The summed E-state index contributed by atoms with van der Waals surface area (Å²) in [7, 11) is 0. The molecule has 138 valence electrons. The van der Waals surface area contributed by atoms with Crippen LogP contribution >= 0.6 is 11.8 Å². The quantitative estimate of drug-likeness (QED) is 0.798. The molecule has 2 aromatic rings. The Kier molecular flexibility index (Phi) is 7.66. The van der Waals surface area contributed by atoms with Gasteiger partial charge in [-0.05, 0) is 30.7 Å². The van der Waals surface area contributed by atoms with Crippen LogP contribution in [0.15, 0.2) is 60.7 Å². The fourth-order valence-corrected chi connectivity index (χ4v) is 3.73. The number of benzene rings is 2. The van der Waals surface area contributed by atoms with Crippen molar-refractivity contribution in [2.75, 3.05) is 6.61 Å². The Balaban J connectivity index is 0.000000228. The molecule has 0 aromatic heterocycles. The zero-order valence-electron chi connectivity index (χ0n) is 14.4. The van der Waals surface area contributed by atoms with Crippen LogP contribution in [0.4, 0.5) is 4.39 Å². The van der Waals surface area contributed by atoms with Crippen molar-refractivity contribution < 1.29 is 23.8 Å². The minimum Gasteiger partial charge on any atom is -0.478 e. The van der Waals surface area contributed by atoms with Crippen LogP contribution in [0, 0.1) is 0 Å². The fraction of sp³-hybridized carbons (Fsp3) is 0.300.